The Kier molecular flexibility index (Phi) is 5.99. The average molecular weight is 423 g/mol. The van der Waals surface area contributed by atoms with Gasteiger partial charge in [0.15, 0.2) is 6.23 Å². The van der Waals surface area contributed by atoms with Crippen molar-refractivity contribution in [3.63, 3.8) is 0 Å². The van der Waals surface area contributed by atoms with Crippen molar-refractivity contribution in [1.29, 1.82) is 0 Å². The van der Waals surface area contributed by atoms with Crippen LogP contribution in [0.3, 0.4) is 0 Å². The molecule has 2 aromatic heterocycles. The normalized spacial score (nSPS) is 16.9. The summed E-state index contributed by atoms with van der Waals surface area (Å²) in [5.41, 5.74) is 3.30. The van der Waals surface area contributed by atoms with E-state index in [1.165, 1.54) is 12.1 Å². The minimum Gasteiger partial charge on any atom is -0.516 e. The maximum Gasteiger partial charge on any atom is 0.250 e. The number of benzene rings is 1. The van der Waals surface area contributed by atoms with Crippen LogP contribution < -0.4 is 0 Å². The number of aliphatic hydroxyl groups excluding tert-OH is 1. The summed E-state index contributed by atoms with van der Waals surface area (Å²) >= 11 is 0. The van der Waals surface area contributed by atoms with Crippen LogP contribution in [0.4, 0.5) is 4.39 Å². The highest BCUT2D eigenvalue weighted by molar-refractivity contribution is 5.80. The number of aliphatic hydroxyl groups is 1. The molecule has 1 aliphatic heterocycles. The van der Waals surface area contributed by atoms with Crippen molar-refractivity contribution in [3.8, 4) is 16.9 Å². The van der Waals surface area contributed by atoms with E-state index < -0.39 is 6.23 Å². The first-order valence-electron chi connectivity index (χ1n) is 9.84. The summed E-state index contributed by atoms with van der Waals surface area (Å²) in [6.45, 7) is 2.13. The Morgan fingerprint density at radius 2 is 2.19 bits per heavy atom. The Bertz CT molecular complexity index is 1120. The van der Waals surface area contributed by atoms with Gasteiger partial charge in [-0.05, 0) is 49.2 Å². The standard InChI is InChI=1S/C23H22FN3O4/c1-16-12-18(6-7-20(16)24)27-13-19(22(25-27)17-8-11-30-14-17)23-26(21(29)15-31-23)9-4-2-3-5-10-28/h2-3,5-8,10-14,23,28H,4,9,15H2,1H3/b3-2+,10-5+. The van der Waals surface area contributed by atoms with E-state index in [2.05, 4.69) is 5.10 Å². The predicted molar refractivity (Wildman–Crippen MR) is 112 cm³/mol. The lowest BCUT2D eigenvalue weighted by Crippen LogP contribution is -2.29. The van der Waals surface area contributed by atoms with E-state index in [0.29, 0.717) is 35.5 Å². The molecule has 160 valence electrons. The summed E-state index contributed by atoms with van der Waals surface area (Å²) < 4.78 is 26.4. The van der Waals surface area contributed by atoms with Gasteiger partial charge >= 0.3 is 0 Å². The molecule has 31 heavy (non-hydrogen) atoms. The van der Waals surface area contributed by atoms with Gasteiger partial charge in [0.25, 0.3) is 5.91 Å². The molecule has 1 atom stereocenters. The van der Waals surface area contributed by atoms with Crippen molar-refractivity contribution in [3.05, 3.63) is 84.4 Å². The number of aromatic nitrogens is 2. The molecule has 3 aromatic rings. The Balaban J connectivity index is 1.69. The smallest absolute Gasteiger partial charge is 0.250 e. The van der Waals surface area contributed by atoms with E-state index >= 15 is 0 Å². The second-order valence-corrected chi connectivity index (χ2v) is 7.13. The molecule has 1 aliphatic rings. The number of halogens is 1. The first-order chi connectivity index (χ1) is 15.1. The number of furan rings is 1. The zero-order valence-corrected chi connectivity index (χ0v) is 16.9. The van der Waals surface area contributed by atoms with Gasteiger partial charge in [-0.3, -0.25) is 4.79 Å². The van der Waals surface area contributed by atoms with Gasteiger partial charge in [-0.25, -0.2) is 9.07 Å². The summed E-state index contributed by atoms with van der Waals surface area (Å²) in [4.78, 5) is 14.1. The molecule has 7 nitrogen and oxygen atoms in total. The summed E-state index contributed by atoms with van der Waals surface area (Å²) in [6.07, 6.45) is 11.0. The summed E-state index contributed by atoms with van der Waals surface area (Å²) in [5.74, 6) is -0.397. The molecule has 0 spiro atoms. The molecule has 1 aromatic carbocycles. The van der Waals surface area contributed by atoms with Gasteiger partial charge in [0.2, 0.25) is 0 Å². The van der Waals surface area contributed by atoms with Gasteiger partial charge in [0.05, 0.1) is 24.5 Å². The number of aryl methyl sites for hydroxylation is 1. The predicted octanol–water partition coefficient (Wildman–Crippen LogP) is 4.46. The highest BCUT2D eigenvalue weighted by Gasteiger charge is 2.36. The number of rotatable bonds is 7. The first kappa shape index (κ1) is 20.6. The Morgan fingerprint density at radius 3 is 2.94 bits per heavy atom. The number of carbonyl (C=O) groups is 1. The minimum atomic E-state index is -0.602. The van der Waals surface area contributed by atoms with Gasteiger partial charge in [0.1, 0.15) is 18.1 Å². The largest absolute Gasteiger partial charge is 0.516 e. The molecule has 0 bridgehead atoms. The number of amides is 1. The number of hydrogen-bond acceptors (Lipinski definition) is 5. The summed E-state index contributed by atoms with van der Waals surface area (Å²) in [5, 5.41) is 13.4. The Labute approximate surface area is 178 Å². The van der Waals surface area contributed by atoms with Gasteiger partial charge in [-0.2, -0.15) is 5.10 Å². The maximum absolute atomic E-state index is 13.7. The van der Waals surface area contributed by atoms with Gasteiger partial charge < -0.3 is 19.2 Å². The fourth-order valence-corrected chi connectivity index (χ4v) is 3.49. The number of nitrogens with zero attached hydrogens (tertiary/aromatic N) is 3. The molecule has 1 saturated heterocycles. The van der Waals surface area contributed by atoms with E-state index in [0.717, 1.165) is 11.8 Å². The van der Waals surface area contributed by atoms with E-state index in [4.69, 9.17) is 14.3 Å². The van der Waals surface area contributed by atoms with Crippen LogP contribution in [0.2, 0.25) is 0 Å². The third-order valence-corrected chi connectivity index (χ3v) is 5.05. The van der Waals surface area contributed by atoms with Gasteiger partial charge in [-0.15, -0.1) is 0 Å². The topological polar surface area (TPSA) is 80.7 Å². The fourth-order valence-electron chi connectivity index (χ4n) is 3.49. The molecule has 1 amide bonds. The van der Waals surface area contributed by atoms with Crippen molar-refractivity contribution in [2.75, 3.05) is 13.2 Å². The van der Waals surface area contributed by atoms with Crippen LogP contribution in [0.1, 0.15) is 23.8 Å². The number of hydrogen-bond donors (Lipinski definition) is 1. The molecular weight excluding hydrogens is 401 g/mol. The molecule has 1 unspecified atom stereocenters. The fraction of sp³-hybridized carbons (Fsp3) is 0.217. The molecule has 0 aliphatic carbocycles. The van der Waals surface area contributed by atoms with Gasteiger partial charge in [-0.1, -0.05) is 12.2 Å². The van der Waals surface area contributed by atoms with Crippen LogP contribution in [0.25, 0.3) is 16.9 Å². The number of allylic oxidation sites excluding steroid dienone is 2. The SMILES string of the molecule is Cc1cc(-n2cc(C3OCC(=O)N3CC/C=C/C=C/O)c(-c3ccoc3)n2)ccc1F. The summed E-state index contributed by atoms with van der Waals surface area (Å²) in [6, 6.07) is 6.55. The molecule has 4 rings (SSSR count). The summed E-state index contributed by atoms with van der Waals surface area (Å²) in [7, 11) is 0. The molecular formula is C23H22FN3O4. The Morgan fingerprint density at radius 1 is 1.32 bits per heavy atom. The van der Waals surface area contributed by atoms with Crippen molar-refractivity contribution in [2.45, 2.75) is 19.6 Å². The van der Waals surface area contributed by atoms with E-state index in [1.807, 2.05) is 6.08 Å². The van der Waals surface area contributed by atoms with E-state index in [-0.39, 0.29) is 18.3 Å². The highest BCUT2D eigenvalue weighted by Crippen LogP contribution is 2.35. The van der Waals surface area contributed by atoms with Crippen molar-refractivity contribution in [2.24, 2.45) is 0 Å². The lowest BCUT2D eigenvalue weighted by Gasteiger charge is -2.22. The number of carbonyl (C=O) groups excluding carboxylic acids is 1. The van der Waals surface area contributed by atoms with Crippen molar-refractivity contribution >= 4 is 5.91 Å². The molecule has 1 N–H and O–H groups in total. The van der Waals surface area contributed by atoms with Crippen LogP contribution in [0, 0.1) is 12.7 Å². The third kappa shape index (κ3) is 4.29. The molecule has 0 radical (unpaired) electrons. The second-order valence-electron chi connectivity index (χ2n) is 7.13. The van der Waals surface area contributed by atoms with Crippen LogP contribution in [0.5, 0.6) is 0 Å². The molecule has 1 fully saturated rings. The monoisotopic (exact) mass is 423 g/mol. The van der Waals surface area contributed by atoms with Crippen LogP contribution in [-0.2, 0) is 9.53 Å². The first-order valence-corrected chi connectivity index (χ1v) is 9.84. The highest BCUT2D eigenvalue weighted by atomic mass is 19.1. The average Bonchev–Trinajstić information content (AvgIpc) is 3.50. The quantitative estimate of drug-likeness (QED) is 0.448. The number of ether oxygens (including phenoxy) is 1. The van der Waals surface area contributed by atoms with Crippen molar-refractivity contribution in [1.82, 2.24) is 14.7 Å². The maximum atomic E-state index is 13.7. The lowest BCUT2D eigenvalue weighted by atomic mass is 10.1. The van der Waals surface area contributed by atoms with E-state index in [9.17, 15) is 9.18 Å². The van der Waals surface area contributed by atoms with Crippen LogP contribution in [-0.4, -0.2) is 38.8 Å². The lowest BCUT2D eigenvalue weighted by molar-refractivity contribution is -0.128. The zero-order chi connectivity index (χ0) is 21.8. The molecule has 0 saturated carbocycles. The molecule has 8 heteroatoms. The van der Waals surface area contributed by atoms with Crippen LogP contribution >= 0.6 is 0 Å². The Hall–Kier alpha value is -3.65. The molecule has 3 heterocycles. The second kappa shape index (κ2) is 9.01. The minimum absolute atomic E-state index is 0.0173. The van der Waals surface area contributed by atoms with E-state index in [1.54, 1.807) is 59.5 Å². The third-order valence-electron chi connectivity index (χ3n) is 5.05. The van der Waals surface area contributed by atoms with Crippen molar-refractivity contribution < 1.29 is 23.4 Å². The van der Waals surface area contributed by atoms with Crippen LogP contribution in [0.15, 0.2) is 71.9 Å². The zero-order valence-electron chi connectivity index (χ0n) is 16.9. The van der Waals surface area contributed by atoms with Gasteiger partial charge in [0, 0.05) is 23.9 Å².